The van der Waals surface area contributed by atoms with Gasteiger partial charge in [-0.2, -0.15) is 0 Å². The second-order valence-electron chi connectivity index (χ2n) is 5.09. The number of hydrogen-bond acceptors (Lipinski definition) is 1. The molecule has 2 aromatic carbocycles. The Kier molecular flexibility index (Phi) is 5.45. The van der Waals surface area contributed by atoms with Gasteiger partial charge in [-0.05, 0) is 68.4 Å². The molecule has 0 amide bonds. The largest absolute Gasteiger partial charge is 0.342 e. The number of hydrogen-bond donors (Lipinski definition) is 0. The third-order valence-electron chi connectivity index (χ3n) is 3.65. The lowest BCUT2D eigenvalue weighted by Crippen LogP contribution is -2.07. The van der Waals surface area contributed by atoms with Gasteiger partial charge in [0, 0.05) is 12.1 Å². The van der Waals surface area contributed by atoms with Crippen molar-refractivity contribution >= 4 is 69.0 Å². The van der Waals surface area contributed by atoms with Crippen LogP contribution >= 0.6 is 69.0 Å². The van der Waals surface area contributed by atoms with Crippen molar-refractivity contribution in [2.45, 2.75) is 0 Å². The first-order valence-electron chi connectivity index (χ1n) is 6.90. The van der Waals surface area contributed by atoms with E-state index in [0.717, 1.165) is 39.2 Å². The van der Waals surface area contributed by atoms with Crippen LogP contribution in [0.3, 0.4) is 0 Å². The maximum atomic E-state index is 6.03. The highest BCUT2D eigenvalue weighted by molar-refractivity contribution is 14.1. The van der Waals surface area contributed by atoms with Crippen LogP contribution in [0.15, 0.2) is 54.6 Å². The zero-order valence-electron chi connectivity index (χ0n) is 12.2. The molecule has 0 saturated heterocycles. The quantitative estimate of drug-likeness (QED) is 0.241. The topological polar surface area (TPSA) is 4.93 Å². The highest BCUT2D eigenvalue weighted by Gasteiger charge is 2.17. The van der Waals surface area contributed by atoms with E-state index in [-0.39, 0.29) is 0 Å². The average molecular weight is 564 g/mol. The molecule has 5 heteroatoms. The molecule has 0 bridgehead atoms. The highest BCUT2D eigenvalue weighted by Crippen LogP contribution is 2.35. The van der Waals surface area contributed by atoms with Crippen LogP contribution in [0.4, 0.5) is 0 Å². The van der Waals surface area contributed by atoms with Crippen molar-refractivity contribution in [3.05, 3.63) is 71.3 Å². The molecule has 0 aliphatic carbocycles. The number of benzene rings is 2. The van der Waals surface area contributed by atoms with Crippen LogP contribution in [0.25, 0.3) is 22.5 Å². The van der Waals surface area contributed by atoms with Crippen molar-refractivity contribution < 1.29 is 0 Å². The highest BCUT2D eigenvalue weighted by atomic mass is 127. The molecule has 1 heterocycles. The third-order valence-corrected chi connectivity index (χ3v) is 7.14. The summed E-state index contributed by atoms with van der Waals surface area (Å²) in [5, 5.41) is 0.735. The normalized spacial score (nSPS) is 10.8. The van der Waals surface area contributed by atoms with Gasteiger partial charge in [-0.1, -0.05) is 66.3 Å². The fourth-order valence-electron chi connectivity index (χ4n) is 2.56. The van der Waals surface area contributed by atoms with Crippen LogP contribution in [-0.2, 0) is 7.05 Å². The second-order valence-corrected chi connectivity index (χ2v) is 8.09. The molecular weight excluding hydrogens is 552 g/mol. The molecule has 0 N–H and O–H groups in total. The van der Waals surface area contributed by atoms with Gasteiger partial charge in [0.05, 0.1) is 23.0 Å². The third kappa shape index (κ3) is 3.36. The van der Waals surface area contributed by atoms with Crippen LogP contribution in [0, 0.1) is 11.7 Å². The van der Waals surface area contributed by atoms with E-state index in [4.69, 9.17) is 23.8 Å². The molecule has 3 aromatic rings. The van der Waals surface area contributed by atoms with Gasteiger partial charge in [0.15, 0.2) is 0 Å². The first-order chi connectivity index (χ1) is 11.0. The predicted molar refractivity (Wildman–Crippen MR) is 118 cm³/mol. The van der Waals surface area contributed by atoms with E-state index in [1.807, 2.05) is 42.5 Å². The summed E-state index contributed by atoms with van der Waals surface area (Å²) < 4.78 is 5.31. The lowest BCUT2D eigenvalue weighted by Gasteiger charge is -2.19. The van der Waals surface area contributed by atoms with Gasteiger partial charge in [-0.3, -0.25) is 0 Å². The molecule has 3 rings (SSSR count). The van der Waals surface area contributed by atoms with Gasteiger partial charge in [0.1, 0.15) is 0 Å². The molecular formula is C18H12ClI2NS. The molecule has 0 unspecified atom stereocenters. The van der Waals surface area contributed by atoms with Crippen LogP contribution in [0.1, 0.15) is 0 Å². The molecule has 0 radical (unpaired) electrons. The Labute approximate surface area is 173 Å². The van der Waals surface area contributed by atoms with Gasteiger partial charge < -0.3 is 4.57 Å². The van der Waals surface area contributed by atoms with Crippen LogP contribution in [0.2, 0.25) is 5.02 Å². The van der Waals surface area contributed by atoms with E-state index in [9.17, 15) is 0 Å². The maximum absolute atomic E-state index is 6.03. The SMILES string of the molecule is Cn1c(-c2ccccc2)c(I)c(=S)c(I)c1-c1ccc(Cl)cc1. The summed E-state index contributed by atoms with van der Waals surface area (Å²) in [5.74, 6) is 0. The average Bonchev–Trinajstić information content (AvgIpc) is 2.56. The first kappa shape index (κ1) is 17.4. The zero-order valence-corrected chi connectivity index (χ0v) is 18.1. The molecule has 0 aliphatic rings. The Hall–Kier alpha value is -0.440. The number of aromatic nitrogens is 1. The lowest BCUT2D eigenvalue weighted by molar-refractivity contribution is 0.911. The lowest BCUT2D eigenvalue weighted by atomic mass is 10.1. The first-order valence-corrected chi connectivity index (χ1v) is 9.84. The van der Waals surface area contributed by atoms with E-state index in [2.05, 4.69) is 68.9 Å². The van der Waals surface area contributed by atoms with Crippen LogP contribution in [-0.4, -0.2) is 4.57 Å². The van der Waals surface area contributed by atoms with Crippen molar-refractivity contribution in [2.24, 2.45) is 7.05 Å². The van der Waals surface area contributed by atoms with Crippen molar-refractivity contribution in [3.63, 3.8) is 0 Å². The number of rotatable bonds is 2. The van der Waals surface area contributed by atoms with E-state index in [1.54, 1.807) is 0 Å². The van der Waals surface area contributed by atoms with Crippen LogP contribution in [0.5, 0.6) is 0 Å². The Morgan fingerprint density at radius 1 is 0.826 bits per heavy atom. The molecule has 0 aliphatic heterocycles. The standard InChI is InChI=1S/C18H12ClI2NS/c1-22-16(11-5-3-2-4-6-11)14(20)18(23)15(21)17(22)12-7-9-13(19)10-8-12/h2-10H,1H3. The Bertz CT molecular complexity index is 918. The minimum Gasteiger partial charge on any atom is -0.342 e. The number of pyridine rings is 1. The molecule has 1 aromatic heterocycles. The number of nitrogens with zero attached hydrogens (tertiary/aromatic N) is 1. The molecule has 0 atom stereocenters. The molecule has 1 nitrogen and oxygen atoms in total. The molecule has 23 heavy (non-hydrogen) atoms. The summed E-state index contributed by atoms with van der Waals surface area (Å²) in [4.78, 5) is 0. The Morgan fingerprint density at radius 3 is 1.83 bits per heavy atom. The smallest absolute Gasteiger partial charge is 0.0686 e. The van der Waals surface area contributed by atoms with Crippen LogP contribution < -0.4 is 0 Å². The summed E-state index contributed by atoms with van der Waals surface area (Å²) in [5.41, 5.74) is 4.53. The minimum atomic E-state index is 0.735. The van der Waals surface area contributed by atoms with Gasteiger partial charge in [0.2, 0.25) is 0 Å². The van der Waals surface area contributed by atoms with Crippen molar-refractivity contribution in [2.75, 3.05) is 0 Å². The van der Waals surface area contributed by atoms with Crippen molar-refractivity contribution in [1.29, 1.82) is 0 Å². The van der Waals surface area contributed by atoms with Gasteiger partial charge >= 0.3 is 0 Å². The fraction of sp³-hybridized carbons (Fsp3) is 0.0556. The monoisotopic (exact) mass is 563 g/mol. The fourth-order valence-corrected chi connectivity index (χ4v) is 5.28. The van der Waals surface area contributed by atoms with E-state index >= 15 is 0 Å². The summed E-state index contributed by atoms with van der Waals surface area (Å²) in [6.07, 6.45) is 0. The van der Waals surface area contributed by atoms with Gasteiger partial charge in [0.25, 0.3) is 0 Å². The number of halogens is 3. The van der Waals surface area contributed by atoms with E-state index < -0.39 is 0 Å². The summed E-state index contributed by atoms with van der Waals surface area (Å²) >= 11 is 16.4. The predicted octanol–water partition coefficient (Wildman–Crippen LogP) is 6.95. The van der Waals surface area contributed by atoms with Crippen molar-refractivity contribution in [1.82, 2.24) is 4.57 Å². The van der Waals surface area contributed by atoms with E-state index in [0.29, 0.717) is 0 Å². The molecule has 0 fully saturated rings. The summed E-state index contributed by atoms with van der Waals surface area (Å²) in [7, 11) is 2.09. The minimum absolute atomic E-state index is 0.735. The Balaban J connectivity index is 2.36. The molecule has 0 saturated carbocycles. The van der Waals surface area contributed by atoms with Gasteiger partial charge in [-0.15, -0.1) is 0 Å². The maximum Gasteiger partial charge on any atom is 0.0686 e. The van der Waals surface area contributed by atoms with Crippen molar-refractivity contribution in [3.8, 4) is 22.5 Å². The second kappa shape index (κ2) is 7.21. The summed E-state index contributed by atoms with van der Waals surface area (Å²) in [6, 6.07) is 18.3. The zero-order chi connectivity index (χ0) is 16.6. The summed E-state index contributed by atoms with van der Waals surface area (Å²) in [6.45, 7) is 0. The Morgan fingerprint density at radius 2 is 1.30 bits per heavy atom. The molecule has 116 valence electrons. The van der Waals surface area contributed by atoms with Gasteiger partial charge in [-0.25, -0.2) is 0 Å². The van der Waals surface area contributed by atoms with E-state index in [1.165, 1.54) is 0 Å². The molecule has 0 spiro atoms.